The first-order valence-corrected chi connectivity index (χ1v) is 6.72. The van der Waals surface area contributed by atoms with Gasteiger partial charge in [0.25, 0.3) is 0 Å². The van der Waals surface area contributed by atoms with Crippen LogP contribution in [0.2, 0.25) is 0 Å². The van der Waals surface area contributed by atoms with Crippen molar-refractivity contribution in [3.05, 3.63) is 34.3 Å². The molecular formula is C14H16BrNO2. The highest BCUT2D eigenvalue weighted by molar-refractivity contribution is 9.10. The molecule has 1 aromatic rings. The second-order valence-corrected chi connectivity index (χ2v) is 6.04. The standard InChI is InChI=1S/C14H16BrNO2/c1-9(10-4-6-11(15)7-5-10)14(2)8-12(17)16(3)13(14)18/h4-7,9H,8H2,1-3H3/t9-,14+/m1/s1. The number of hydrogen-bond acceptors (Lipinski definition) is 2. The van der Waals surface area contributed by atoms with E-state index in [1.54, 1.807) is 7.05 Å². The molecule has 1 fully saturated rings. The fourth-order valence-electron chi connectivity index (χ4n) is 2.46. The van der Waals surface area contributed by atoms with Crippen molar-refractivity contribution in [1.29, 1.82) is 0 Å². The smallest absolute Gasteiger partial charge is 0.235 e. The van der Waals surface area contributed by atoms with E-state index in [1.807, 2.05) is 38.1 Å². The summed E-state index contributed by atoms with van der Waals surface area (Å²) in [5, 5.41) is 0. The van der Waals surface area contributed by atoms with Crippen molar-refractivity contribution in [2.45, 2.75) is 26.2 Å². The molecule has 1 aliphatic heterocycles. The molecule has 2 atom stereocenters. The van der Waals surface area contributed by atoms with E-state index in [-0.39, 0.29) is 17.7 Å². The van der Waals surface area contributed by atoms with Gasteiger partial charge in [-0.3, -0.25) is 14.5 Å². The second kappa shape index (κ2) is 4.50. The van der Waals surface area contributed by atoms with Crippen LogP contribution in [0.1, 0.15) is 31.7 Å². The summed E-state index contributed by atoms with van der Waals surface area (Å²) in [6.07, 6.45) is 0.291. The monoisotopic (exact) mass is 309 g/mol. The Morgan fingerprint density at radius 1 is 1.28 bits per heavy atom. The summed E-state index contributed by atoms with van der Waals surface area (Å²) in [7, 11) is 1.56. The van der Waals surface area contributed by atoms with Gasteiger partial charge < -0.3 is 0 Å². The largest absolute Gasteiger partial charge is 0.285 e. The van der Waals surface area contributed by atoms with Crippen molar-refractivity contribution in [1.82, 2.24) is 4.90 Å². The van der Waals surface area contributed by atoms with Crippen LogP contribution in [0.25, 0.3) is 0 Å². The first-order valence-electron chi connectivity index (χ1n) is 5.92. The van der Waals surface area contributed by atoms with E-state index < -0.39 is 5.41 Å². The Hall–Kier alpha value is -1.16. The average Bonchev–Trinajstić information content (AvgIpc) is 2.54. The van der Waals surface area contributed by atoms with Crippen LogP contribution >= 0.6 is 15.9 Å². The Morgan fingerprint density at radius 3 is 2.28 bits per heavy atom. The van der Waals surface area contributed by atoms with Crippen LogP contribution < -0.4 is 0 Å². The number of rotatable bonds is 2. The van der Waals surface area contributed by atoms with Crippen molar-refractivity contribution in [3.63, 3.8) is 0 Å². The van der Waals surface area contributed by atoms with Gasteiger partial charge in [0.2, 0.25) is 11.8 Å². The number of amides is 2. The van der Waals surface area contributed by atoms with E-state index in [2.05, 4.69) is 15.9 Å². The molecule has 0 bridgehead atoms. The number of benzene rings is 1. The Morgan fingerprint density at radius 2 is 1.83 bits per heavy atom. The minimum atomic E-state index is -0.625. The van der Waals surface area contributed by atoms with Gasteiger partial charge in [0, 0.05) is 17.9 Å². The normalized spacial score (nSPS) is 25.7. The summed E-state index contributed by atoms with van der Waals surface area (Å²) in [5.41, 5.74) is 0.455. The van der Waals surface area contributed by atoms with Gasteiger partial charge in [-0.05, 0) is 30.5 Å². The highest BCUT2D eigenvalue weighted by atomic mass is 79.9. The molecule has 0 unspecified atom stereocenters. The predicted molar refractivity (Wildman–Crippen MR) is 73.1 cm³/mol. The average molecular weight is 310 g/mol. The number of carbonyl (C=O) groups is 2. The molecule has 1 saturated heterocycles. The van der Waals surface area contributed by atoms with Gasteiger partial charge >= 0.3 is 0 Å². The molecule has 1 heterocycles. The molecule has 0 aromatic heterocycles. The quantitative estimate of drug-likeness (QED) is 0.788. The van der Waals surface area contributed by atoms with Crippen molar-refractivity contribution in [2.75, 3.05) is 7.05 Å². The highest BCUT2D eigenvalue weighted by Crippen LogP contribution is 2.44. The van der Waals surface area contributed by atoms with Crippen LogP contribution in [0.15, 0.2) is 28.7 Å². The first kappa shape index (κ1) is 13.3. The molecule has 0 radical (unpaired) electrons. The third-order valence-corrected chi connectivity index (χ3v) is 4.54. The molecule has 0 spiro atoms. The predicted octanol–water partition coefficient (Wildman–Crippen LogP) is 2.95. The third-order valence-electron chi connectivity index (χ3n) is 4.01. The molecule has 2 rings (SSSR count). The van der Waals surface area contributed by atoms with E-state index in [9.17, 15) is 9.59 Å². The van der Waals surface area contributed by atoms with E-state index in [1.165, 1.54) is 4.90 Å². The zero-order valence-corrected chi connectivity index (χ0v) is 12.3. The molecule has 0 N–H and O–H groups in total. The molecule has 1 aromatic carbocycles. The lowest BCUT2D eigenvalue weighted by molar-refractivity contribution is -0.139. The summed E-state index contributed by atoms with van der Waals surface area (Å²) in [6.45, 7) is 3.89. The lowest BCUT2D eigenvalue weighted by Crippen LogP contribution is -2.34. The minimum absolute atomic E-state index is 0.0204. The number of likely N-dealkylation sites (tertiary alicyclic amines) is 1. The Labute approximate surface area is 115 Å². The van der Waals surface area contributed by atoms with Crippen LogP contribution in [-0.4, -0.2) is 23.8 Å². The molecule has 3 nitrogen and oxygen atoms in total. The Bertz CT molecular complexity index is 497. The number of hydrogen-bond donors (Lipinski definition) is 0. The molecule has 1 aliphatic rings. The van der Waals surface area contributed by atoms with Crippen molar-refractivity contribution < 1.29 is 9.59 Å². The molecule has 2 amide bonds. The van der Waals surface area contributed by atoms with Crippen LogP contribution in [-0.2, 0) is 9.59 Å². The number of halogens is 1. The molecule has 18 heavy (non-hydrogen) atoms. The zero-order chi connectivity index (χ0) is 13.5. The van der Waals surface area contributed by atoms with Gasteiger partial charge in [-0.1, -0.05) is 35.0 Å². The van der Waals surface area contributed by atoms with Gasteiger partial charge in [-0.2, -0.15) is 0 Å². The molecule has 96 valence electrons. The summed E-state index contributed by atoms with van der Waals surface area (Å²) in [6, 6.07) is 7.91. The maximum absolute atomic E-state index is 12.2. The van der Waals surface area contributed by atoms with Gasteiger partial charge in [0.05, 0.1) is 5.41 Å². The van der Waals surface area contributed by atoms with Crippen molar-refractivity contribution >= 4 is 27.7 Å². The van der Waals surface area contributed by atoms with Gasteiger partial charge in [-0.25, -0.2) is 0 Å². The van der Waals surface area contributed by atoms with Crippen LogP contribution in [0.4, 0.5) is 0 Å². The summed E-state index contributed by atoms with van der Waals surface area (Å²) >= 11 is 3.39. The lowest BCUT2D eigenvalue weighted by Gasteiger charge is -2.28. The van der Waals surface area contributed by atoms with Gasteiger partial charge in [0.15, 0.2) is 0 Å². The van der Waals surface area contributed by atoms with E-state index in [4.69, 9.17) is 0 Å². The summed E-state index contributed by atoms with van der Waals surface area (Å²) in [5.74, 6) is -0.151. The van der Waals surface area contributed by atoms with Crippen LogP contribution in [0.3, 0.4) is 0 Å². The summed E-state index contributed by atoms with van der Waals surface area (Å²) < 4.78 is 1.01. The lowest BCUT2D eigenvalue weighted by atomic mass is 9.73. The van der Waals surface area contributed by atoms with Crippen LogP contribution in [0, 0.1) is 5.41 Å². The first-order chi connectivity index (χ1) is 8.36. The van der Waals surface area contributed by atoms with E-state index in [0.29, 0.717) is 6.42 Å². The zero-order valence-electron chi connectivity index (χ0n) is 10.7. The minimum Gasteiger partial charge on any atom is -0.285 e. The van der Waals surface area contributed by atoms with E-state index >= 15 is 0 Å². The second-order valence-electron chi connectivity index (χ2n) is 5.13. The Balaban J connectivity index is 2.34. The number of carbonyl (C=O) groups excluding carboxylic acids is 2. The molecule has 0 aliphatic carbocycles. The molecular weight excluding hydrogens is 294 g/mol. The fourth-order valence-corrected chi connectivity index (χ4v) is 2.73. The van der Waals surface area contributed by atoms with E-state index in [0.717, 1.165) is 10.0 Å². The number of nitrogens with zero attached hydrogens (tertiary/aromatic N) is 1. The maximum Gasteiger partial charge on any atom is 0.235 e. The highest BCUT2D eigenvalue weighted by Gasteiger charge is 2.50. The third kappa shape index (κ3) is 1.99. The molecule has 4 heteroatoms. The van der Waals surface area contributed by atoms with Crippen molar-refractivity contribution in [3.8, 4) is 0 Å². The van der Waals surface area contributed by atoms with Gasteiger partial charge in [0.1, 0.15) is 0 Å². The maximum atomic E-state index is 12.2. The van der Waals surface area contributed by atoms with Crippen LogP contribution in [0.5, 0.6) is 0 Å². The SMILES string of the molecule is C[C@H](c1ccc(Br)cc1)[C@]1(C)CC(=O)N(C)C1=O. The van der Waals surface area contributed by atoms with Gasteiger partial charge in [-0.15, -0.1) is 0 Å². The summed E-state index contributed by atoms with van der Waals surface area (Å²) in [4.78, 5) is 25.1. The fraction of sp³-hybridized carbons (Fsp3) is 0.429. The molecule has 0 saturated carbocycles. The number of imide groups is 1. The van der Waals surface area contributed by atoms with Crippen molar-refractivity contribution in [2.24, 2.45) is 5.41 Å². The Kier molecular flexibility index (Phi) is 3.32. The topological polar surface area (TPSA) is 37.4 Å².